The van der Waals surface area contributed by atoms with Crippen molar-refractivity contribution in [2.45, 2.75) is 38.3 Å². The first kappa shape index (κ1) is 11.5. The molecule has 14 heavy (non-hydrogen) atoms. The maximum absolute atomic E-state index is 11.1. The molecule has 1 amide bonds. The molecule has 3 N–H and O–H groups in total. The van der Waals surface area contributed by atoms with Gasteiger partial charge in [-0.3, -0.25) is 9.69 Å². The maximum atomic E-state index is 11.1. The average Bonchev–Trinajstić information content (AvgIpc) is 2.57. The molecule has 0 aromatic rings. The van der Waals surface area contributed by atoms with Crippen LogP contribution in [0.15, 0.2) is 0 Å². The summed E-state index contributed by atoms with van der Waals surface area (Å²) in [6.07, 6.45) is 3.24. The van der Waals surface area contributed by atoms with Crippen molar-refractivity contribution >= 4 is 5.91 Å². The van der Waals surface area contributed by atoms with E-state index in [0.717, 1.165) is 19.5 Å². The summed E-state index contributed by atoms with van der Waals surface area (Å²) in [6, 6.07) is 0.422. The maximum Gasteiger partial charge on any atom is 0.234 e. The molecule has 2 atom stereocenters. The van der Waals surface area contributed by atoms with Crippen LogP contribution in [0.25, 0.3) is 0 Å². The van der Waals surface area contributed by atoms with Crippen molar-refractivity contribution in [1.29, 1.82) is 0 Å². The summed E-state index contributed by atoms with van der Waals surface area (Å²) in [5.74, 6) is -0.215. The molecule has 1 aliphatic rings. The van der Waals surface area contributed by atoms with Gasteiger partial charge in [0.1, 0.15) is 0 Å². The summed E-state index contributed by atoms with van der Waals surface area (Å²) in [6.45, 7) is 4.02. The van der Waals surface area contributed by atoms with Crippen molar-refractivity contribution in [2.24, 2.45) is 5.73 Å². The van der Waals surface area contributed by atoms with E-state index in [1.165, 1.54) is 12.8 Å². The van der Waals surface area contributed by atoms with Gasteiger partial charge in [0.15, 0.2) is 0 Å². The van der Waals surface area contributed by atoms with Gasteiger partial charge in [0.25, 0.3) is 0 Å². The van der Waals surface area contributed by atoms with Crippen LogP contribution in [0.2, 0.25) is 0 Å². The van der Waals surface area contributed by atoms with E-state index in [0.29, 0.717) is 6.04 Å². The Balaban J connectivity index is 2.37. The van der Waals surface area contributed by atoms with Crippen LogP contribution < -0.4 is 11.1 Å². The monoisotopic (exact) mass is 199 g/mol. The highest BCUT2D eigenvalue weighted by Crippen LogP contribution is 2.09. The van der Waals surface area contributed by atoms with Gasteiger partial charge in [-0.15, -0.1) is 0 Å². The molecular weight excluding hydrogens is 178 g/mol. The van der Waals surface area contributed by atoms with Crippen LogP contribution in [-0.2, 0) is 4.79 Å². The summed E-state index contributed by atoms with van der Waals surface area (Å²) in [4.78, 5) is 13.2. The van der Waals surface area contributed by atoms with E-state index in [4.69, 9.17) is 5.73 Å². The molecule has 0 saturated carbocycles. The van der Waals surface area contributed by atoms with Crippen molar-refractivity contribution < 1.29 is 4.79 Å². The first-order valence-corrected chi connectivity index (χ1v) is 5.38. The second-order valence-electron chi connectivity index (χ2n) is 4.06. The molecule has 82 valence electrons. The highest BCUT2D eigenvalue weighted by Gasteiger charge is 2.22. The van der Waals surface area contributed by atoms with Crippen molar-refractivity contribution in [3.63, 3.8) is 0 Å². The lowest BCUT2D eigenvalue weighted by Gasteiger charge is -2.27. The van der Waals surface area contributed by atoms with E-state index >= 15 is 0 Å². The third kappa shape index (κ3) is 2.96. The number of nitrogens with two attached hydrogens (primary N) is 1. The topological polar surface area (TPSA) is 58.4 Å². The second-order valence-corrected chi connectivity index (χ2v) is 4.06. The minimum absolute atomic E-state index is 0.114. The van der Waals surface area contributed by atoms with Crippen molar-refractivity contribution in [3.05, 3.63) is 0 Å². The highest BCUT2D eigenvalue weighted by atomic mass is 16.1. The lowest BCUT2D eigenvalue weighted by Crippen LogP contribution is -2.46. The largest absolute Gasteiger partial charge is 0.368 e. The second kappa shape index (κ2) is 5.32. The Morgan fingerprint density at radius 3 is 2.86 bits per heavy atom. The van der Waals surface area contributed by atoms with Crippen LogP contribution in [0.4, 0.5) is 0 Å². The summed E-state index contributed by atoms with van der Waals surface area (Å²) < 4.78 is 0. The van der Waals surface area contributed by atoms with E-state index in [-0.39, 0.29) is 11.9 Å². The molecule has 0 radical (unpaired) electrons. The Bertz CT molecular complexity index is 190. The summed E-state index contributed by atoms with van der Waals surface area (Å²) in [5.41, 5.74) is 5.32. The van der Waals surface area contributed by atoms with Gasteiger partial charge < -0.3 is 11.1 Å². The number of carbonyl (C=O) groups is 1. The molecule has 4 heteroatoms. The quantitative estimate of drug-likeness (QED) is 0.652. The van der Waals surface area contributed by atoms with Gasteiger partial charge in [0.05, 0.1) is 6.04 Å². The van der Waals surface area contributed by atoms with Crippen LogP contribution >= 0.6 is 0 Å². The van der Waals surface area contributed by atoms with Crippen LogP contribution in [0.1, 0.15) is 26.2 Å². The summed E-state index contributed by atoms with van der Waals surface area (Å²) >= 11 is 0. The van der Waals surface area contributed by atoms with Crippen LogP contribution in [0, 0.1) is 0 Å². The van der Waals surface area contributed by atoms with Crippen LogP contribution in [0.3, 0.4) is 0 Å². The first-order chi connectivity index (χ1) is 6.65. The molecule has 2 unspecified atom stereocenters. The Labute approximate surface area is 85.8 Å². The molecule has 1 saturated heterocycles. The van der Waals surface area contributed by atoms with Crippen molar-refractivity contribution in [2.75, 3.05) is 20.1 Å². The highest BCUT2D eigenvalue weighted by molar-refractivity contribution is 5.79. The predicted molar refractivity (Wildman–Crippen MR) is 56.9 cm³/mol. The normalized spacial score (nSPS) is 24.1. The number of nitrogens with one attached hydrogen (secondary N) is 1. The van der Waals surface area contributed by atoms with E-state index in [2.05, 4.69) is 10.2 Å². The molecule has 0 aromatic carbocycles. The van der Waals surface area contributed by atoms with E-state index < -0.39 is 0 Å². The Hall–Kier alpha value is -0.610. The van der Waals surface area contributed by atoms with Gasteiger partial charge >= 0.3 is 0 Å². The summed E-state index contributed by atoms with van der Waals surface area (Å²) in [7, 11) is 1.97. The van der Waals surface area contributed by atoms with E-state index in [9.17, 15) is 4.79 Å². The Kier molecular flexibility index (Phi) is 4.35. The van der Waals surface area contributed by atoms with Gasteiger partial charge in [-0.05, 0) is 32.9 Å². The Morgan fingerprint density at radius 1 is 1.71 bits per heavy atom. The first-order valence-electron chi connectivity index (χ1n) is 5.38. The van der Waals surface area contributed by atoms with Gasteiger partial charge in [-0.25, -0.2) is 0 Å². The van der Waals surface area contributed by atoms with Crippen molar-refractivity contribution in [1.82, 2.24) is 10.2 Å². The minimum Gasteiger partial charge on any atom is -0.368 e. The molecule has 0 aromatic heterocycles. The fraction of sp³-hybridized carbons (Fsp3) is 0.900. The average molecular weight is 199 g/mol. The molecule has 1 rings (SSSR count). The molecule has 4 nitrogen and oxygen atoms in total. The minimum atomic E-state index is -0.215. The third-order valence-corrected chi connectivity index (χ3v) is 2.92. The van der Waals surface area contributed by atoms with Crippen LogP contribution in [0.5, 0.6) is 0 Å². The smallest absolute Gasteiger partial charge is 0.234 e. The predicted octanol–water partition coefficient (Wildman–Crippen LogP) is -0.0659. The third-order valence-electron chi connectivity index (χ3n) is 2.92. The standard InChI is InChI=1S/C10H21N3O/c1-3-9(10(11)14)13(2)7-8-5-4-6-12-8/h8-9,12H,3-7H2,1-2H3,(H2,11,14). The summed E-state index contributed by atoms with van der Waals surface area (Å²) in [5, 5.41) is 3.41. The molecular formula is C10H21N3O. The zero-order valence-corrected chi connectivity index (χ0v) is 9.12. The SMILES string of the molecule is CCC(C(N)=O)N(C)CC1CCCN1. The molecule has 0 spiro atoms. The fourth-order valence-corrected chi connectivity index (χ4v) is 2.12. The van der Waals surface area contributed by atoms with Gasteiger partial charge in [-0.1, -0.05) is 6.92 Å². The number of hydrogen-bond acceptors (Lipinski definition) is 3. The zero-order chi connectivity index (χ0) is 10.6. The van der Waals surface area contributed by atoms with E-state index in [1.807, 2.05) is 14.0 Å². The number of amides is 1. The number of likely N-dealkylation sites (N-methyl/N-ethyl adjacent to an activating group) is 1. The van der Waals surface area contributed by atoms with Gasteiger partial charge in [0.2, 0.25) is 5.91 Å². The Morgan fingerprint density at radius 2 is 2.43 bits per heavy atom. The van der Waals surface area contributed by atoms with Crippen LogP contribution in [-0.4, -0.2) is 43.0 Å². The van der Waals surface area contributed by atoms with Gasteiger partial charge in [0, 0.05) is 12.6 Å². The molecule has 1 fully saturated rings. The van der Waals surface area contributed by atoms with Gasteiger partial charge in [-0.2, -0.15) is 0 Å². The molecule has 1 heterocycles. The number of hydrogen-bond donors (Lipinski definition) is 2. The molecule has 0 bridgehead atoms. The molecule has 1 aliphatic heterocycles. The number of carbonyl (C=O) groups excluding carboxylic acids is 1. The van der Waals surface area contributed by atoms with Crippen molar-refractivity contribution in [3.8, 4) is 0 Å². The zero-order valence-electron chi connectivity index (χ0n) is 9.12. The molecule has 0 aliphatic carbocycles. The lowest BCUT2D eigenvalue weighted by atomic mass is 10.1. The lowest BCUT2D eigenvalue weighted by molar-refractivity contribution is -0.122. The number of rotatable bonds is 5. The fourth-order valence-electron chi connectivity index (χ4n) is 2.12. The number of nitrogens with zero attached hydrogens (tertiary/aromatic N) is 1. The number of primary amides is 1. The van der Waals surface area contributed by atoms with E-state index in [1.54, 1.807) is 0 Å².